The predicted molar refractivity (Wildman–Crippen MR) is 142 cm³/mol. The summed E-state index contributed by atoms with van der Waals surface area (Å²) < 4.78 is 87.0. The third-order valence-corrected chi connectivity index (χ3v) is 9.19. The second kappa shape index (κ2) is 10.5. The highest BCUT2D eigenvalue weighted by Crippen LogP contribution is 2.50. The summed E-state index contributed by atoms with van der Waals surface area (Å²) in [5, 5.41) is 0. The smallest absolute Gasteiger partial charge is 0.382 e. The molecule has 0 spiro atoms. The van der Waals surface area contributed by atoms with Gasteiger partial charge in [-0.05, 0) is 0 Å². The van der Waals surface area contributed by atoms with Crippen molar-refractivity contribution < 1.29 is 45.0 Å². The molecule has 0 radical (unpaired) electrons. The van der Waals surface area contributed by atoms with Gasteiger partial charge < -0.3 is 25.8 Å². The summed E-state index contributed by atoms with van der Waals surface area (Å²) in [5.41, 5.74) is 10.9. The molecule has 4 aromatic rings. The molecular formula is C20H23FN11O10PS. The fourth-order valence-electron chi connectivity index (χ4n) is 5.29. The van der Waals surface area contributed by atoms with Crippen LogP contribution in [0.5, 0.6) is 0 Å². The van der Waals surface area contributed by atoms with Crippen molar-refractivity contribution in [1.29, 1.82) is 0 Å². The first-order valence-electron chi connectivity index (χ1n) is 12.8. The van der Waals surface area contributed by atoms with Gasteiger partial charge in [0.1, 0.15) is 30.2 Å². The average Bonchev–Trinajstić information content (AvgIpc) is 3.72. The van der Waals surface area contributed by atoms with Gasteiger partial charge >= 0.3 is 18.1 Å². The largest absolute Gasteiger partial charge is 0.472 e. The number of hydrogen-bond donors (Lipinski definition) is 5. The topological polar surface area (TPSA) is 289 Å². The van der Waals surface area contributed by atoms with Crippen LogP contribution in [-0.4, -0.2) is 96.1 Å². The van der Waals surface area contributed by atoms with E-state index in [1.54, 1.807) is 0 Å². The van der Waals surface area contributed by atoms with E-state index in [1.807, 2.05) is 0 Å². The number of phosphoric ester groups is 1. The average molecular weight is 660 g/mol. The predicted octanol–water partition coefficient (Wildman–Crippen LogP) is -1.62. The first kappa shape index (κ1) is 29.1. The van der Waals surface area contributed by atoms with E-state index in [2.05, 4.69) is 34.6 Å². The molecule has 7 rings (SSSR count). The number of alkyl halides is 1. The third-order valence-electron chi connectivity index (χ3n) is 7.19. The second-order valence-corrected chi connectivity index (χ2v) is 12.8. The van der Waals surface area contributed by atoms with Gasteiger partial charge in [-0.2, -0.15) is 18.1 Å². The van der Waals surface area contributed by atoms with Crippen molar-refractivity contribution in [3.8, 4) is 0 Å². The van der Waals surface area contributed by atoms with Gasteiger partial charge in [-0.1, -0.05) is 0 Å². The van der Waals surface area contributed by atoms with Crippen LogP contribution < -0.4 is 21.7 Å². The molecule has 0 aliphatic carbocycles. The summed E-state index contributed by atoms with van der Waals surface area (Å²) in [7, 11) is -9.61. The van der Waals surface area contributed by atoms with Crippen LogP contribution in [0.25, 0.3) is 22.3 Å². The molecule has 3 fully saturated rings. The van der Waals surface area contributed by atoms with Crippen molar-refractivity contribution in [2.75, 3.05) is 24.6 Å². The number of fused-ring (bicyclic) bond motifs is 5. The molecule has 3 saturated heterocycles. The molecule has 0 saturated carbocycles. The quantitative estimate of drug-likeness (QED) is 0.151. The van der Waals surface area contributed by atoms with Gasteiger partial charge in [-0.25, -0.2) is 33.1 Å². The van der Waals surface area contributed by atoms with Crippen LogP contribution in [0, 0.1) is 0 Å². The number of nitrogens with one attached hydrogen (secondary N) is 2. The number of H-pyrrole nitrogens is 1. The van der Waals surface area contributed by atoms with Gasteiger partial charge in [-0.3, -0.25) is 28.0 Å². The molecule has 2 bridgehead atoms. The van der Waals surface area contributed by atoms with Crippen LogP contribution in [0.15, 0.2) is 23.8 Å². The molecule has 7 heterocycles. The van der Waals surface area contributed by atoms with E-state index in [1.165, 1.54) is 21.8 Å². The van der Waals surface area contributed by atoms with Crippen LogP contribution in [0.1, 0.15) is 18.9 Å². The number of aromatic amines is 1. The Morgan fingerprint density at radius 1 is 1.05 bits per heavy atom. The maximum atomic E-state index is 15.9. The first-order valence-corrected chi connectivity index (χ1v) is 15.7. The SMILES string of the molecule is Nc1nc2c(ncn2[C@@H]2O[C@@H]3COP(=O)(O)O[C@@H]4C(CNS(=O)(=O)O[C@@H]2C3)O[C@@H](n2cnc3c(N)ncnc32)[C@@H]4F)c(=O)[nH]1. The highest BCUT2D eigenvalue weighted by atomic mass is 32.2. The summed E-state index contributed by atoms with van der Waals surface area (Å²) in [6.07, 6.45) is -7.16. The number of nitrogens with two attached hydrogens (primary N) is 2. The van der Waals surface area contributed by atoms with E-state index in [0.29, 0.717) is 0 Å². The number of rotatable bonds is 2. The number of ether oxygens (including phenoxy) is 2. The lowest BCUT2D eigenvalue weighted by atomic mass is 10.1. The number of aromatic nitrogens is 8. The Labute approximate surface area is 244 Å². The van der Waals surface area contributed by atoms with E-state index in [-0.39, 0.29) is 40.5 Å². The fourth-order valence-corrected chi connectivity index (χ4v) is 7.20. The van der Waals surface area contributed by atoms with Crippen molar-refractivity contribution >= 4 is 52.2 Å². The molecule has 2 unspecified atom stereocenters. The summed E-state index contributed by atoms with van der Waals surface area (Å²) in [4.78, 5) is 45.0. The lowest BCUT2D eigenvalue weighted by Gasteiger charge is -2.24. The normalized spacial score (nSPS) is 34.4. The Morgan fingerprint density at radius 3 is 2.59 bits per heavy atom. The van der Waals surface area contributed by atoms with Gasteiger partial charge in [0.25, 0.3) is 5.56 Å². The lowest BCUT2D eigenvalue weighted by molar-refractivity contribution is -0.0487. The number of imidazole rings is 2. The molecule has 4 aromatic heterocycles. The van der Waals surface area contributed by atoms with Gasteiger partial charge in [0, 0.05) is 13.0 Å². The van der Waals surface area contributed by atoms with Crippen LogP contribution in [0.3, 0.4) is 0 Å². The molecule has 8 atom stereocenters. The van der Waals surface area contributed by atoms with Crippen LogP contribution in [-0.2, 0) is 37.6 Å². The van der Waals surface area contributed by atoms with E-state index in [9.17, 15) is 22.7 Å². The molecule has 236 valence electrons. The molecule has 0 aromatic carbocycles. The molecule has 3 aliphatic heterocycles. The van der Waals surface area contributed by atoms with Crippen molar-refractivity contribution in [2.24, 2.45) is 0 Å². The van der Waals surface area contributed by atoms with Gasteiger partial charge in [-0.15, -0.1) is 0 Å². The zero-order valence-corrected chi connectivity index (χ0v) is 23.7. The Hall–Kier alpha value is -3.67. The molecule has 3 aliphatic rings. The van der Waals surface area contributed by atoms with Crippen molar-refractivity contribution in [2.45, 2.75) is 49.5 Å². The first-order chi connectivity index (χ1) is 20.9. The van der Waals surface area contributed by atoms with E-state index in [4.69, 9.17) is 34.2 Å². The van der Waals surface area contributed by atoms with Gasteiger partial charge in [0.15, 0.2) is 41.3 Å². The van der Waals surface area contributed by atoms with Crippen LogP contribution >= 0.6 is 7.82 Å². The number of anilines is 2. The highest BCUT2D eigenvalue weighted by Gasteiger charge is 2.52. The number of phosphoric acid groups is 1. The molecule has 44 heavy (non-hydrogen) atoms. The zero-order valence-electron chi connectivity index (χ0n) is 22.0. The second-order valence-electron chi connectivity index (χ2n) is 10.0. The monoisotopic (exact) mass is 659 g/mol. The Morgan fingerprint density at radius 2 is 1.80 bits per heavy atom. The minimum atomic E-state index is -5.00. The van der Waals surface area contributed by atoms with Crippen molar-refractivity contribution in [3.63, 3.8) is 0 Å². The van der Waals surface area contributed by atoms with E-state index in [0.717, 1.165) is 6.33 Å². The molecule has 24 heteroatoms. The summed E-state index contributed by atoms with van der Waals surface area (Å²) in [6.45, 7) is -1.25. The number of nitrogen functional groups attached to an aromatic ring is 2. The summed E-state index contributed by atoms with van der Waals surface area (Å²) in [5.74, 6) is -0.214. The minimum Gasteiger partial charge on any atom is -0.382 e. The molecule has 0 amide bonds. The number of hydrogen-bond acceptors (Lipinski definition) is 16. The van der Waals surface area contributed by atoms with Crippen molar-refractivity contribution in [3.05, 3.63) is 29.3 Å². The highest BCUT2D eigenvalue weighted by molar-refractivity contribution is 7.84. The van der Waals surface area contributed by atoms with Crippen LogP contribution in [0.2, 0.25) is 0 Å². The Kier molecular flexibility index (Phi) is 6.91. The molecule has 21 nitrogen and oxygen atoms in total. The fraction of sp³-hybridized carbons (Fsp3) is 0.500. The molecule has 7 N–H and O–H groups in total. The number of nitrogens with zero attached hydrogens (tertiary/aromatic N) is 7. The van der Waals surface area contributed by atoms with Gasteiger partial charge in [0.05, 0.1) is 25.4 Å². The summed E-state index contributed by atoms with van der Waals surface area (Å²) >= 11 is 0. The maximum Gasteiger partial charge on any atom is 0.472 e. The van der Waals surface area contributed by atoms with Crippen molar-refractivity contribution in [1.82, 2.24) is 43.8 Å². The van der Waals surface area contributed by atoms with E-state index < -0.39 is 79.9 Å². The maximum absolute atomic E-state index is 15.9. The van der Waals surface area contributed by atoms with Crippen LogP contribution in [0.4, 0.5) is 16.2 Å². The standard InChI is InChI=1S/C20H23FN11O10PS/c21-10-13-9(40-19(10)31-5-26-11-14(22)24-4-25-15(11)31)2-28-44(36,37)42-8-1-7(3-38-43(34,35)41-13)39-18(8)32-6-27-12-16(32)29-20(23)30-17(12)33/h4-10,13,18-19,28H,1-3H2,(H,34,35)(H2,22,24,25)(H3,23,29,30,33)/t7-,8+,9?,10+,13+,18+,19+/m0/s1. The van der Waals surface area contributed by atoms with Gasteiger partial charge in [0.2, 0.25) is 5.95 Å². The number of halogens is 1. The lowest BCUT2D eigenvalue weighted by Crippen LogP contribution is -2.42. The summed E-state index contributed by atoms with van der Waals surface area (Å²) in [6, 6.07) is 0. The van der Waals surface area contributed by atoms with E-state index >= 15 is 4.39 Å². The molecular weight excluding hydrogens is 636 g/mol. The Bertz CT molecular complexity index is 1970. The Balaban J connectivity index is 1.19. The zero-order chi connectivity index (χ0) is 31.0. The minimum absolute atomic E-state index is 0.0176. The third kappa shape index (κ3) is 5.10.